The lowest BCUT2D eigenvalue weighted by atomic mass is 10.1. The first kappa shape index (κ1) is 10.5. The molecule has 1 atom stereocenters. The van der Waals surface area contributed by atoms with Gasteiger partial charge in [0, 0.05) is 13.6 Å². The van der Waals surface area contributed by atoms with Crippen LogP contribution in [0.1, 0.15) is 32.6 Å². The van der Waals surface area contributed by atoms with Crippen LogP contribution in [0, 0.1) is 0 Å². The van der Waals surface area contributed by atoms with Gasteiger partial charge in [-0.15, -0.1) is 0 Å². The van der Waals surface area contributed by atoms with E-state index in [4.69, 9.17) is 0 Å². The Labute approximate surface area is 80.5 Å². The molecule has 1 N–H and O–H groups in total. The van der Waals surface area contributed by atoms with E-state index >= 15 is 0 Å². The highest BCUT2D eigenvalue weighted by Gasteiger charge is 2.21. The van der Waals surface area contributed by atoms with Gasteiger partial charge < -0.3 is 10.2 Å². The van der Waals surface area contributed by atoms with Crippen LogP contribution in [0.3, 0.4) is 0 Å². The Morgan fingerprint density at radius 1 is 1.46 bits per heavy atom. The van der Waals surface area contributed by atoms with Gasteiger partial charge in [0.05, 0.1) is 6.04 Å². The van der Waals surface area contributed by atoms with Crippen LogP contribution in [0.4, 0.5) is 0 Å². The van der Waals surface area contributed by atoms with Crippen LogP contribution in [0.25, 0.3) is 0 Å². The molecule has 1 heterocycles. The van der Waals surface area contributed by atoms with Gasteiger partial charge in [0.2, 0.25) is 5.91 Å². The quantitative estimate of drug-likeness (QED) is 0.694. The standard InChI is InChI=1S/C10H20N2O/c1-3-12(2)10(13)9-7-5-4-6-8-11-9/h9,11H,3-8H2,1-2H3. The van der Waals surface area contributed by atoms with Crippen LogP contribution >= 0.6 is 0 Å². The highest BCUT2D eigenvalue weighted by atomic mass is 16.2. The van der Waals surface area contributed by atoms with E-state index in [0.717, 1.165) is 19.5 Å². The molecule has 1 fully saturated rings. The predicted molar refractivity (Wildman–Crippen MR) is 53.6 cm³/mol. The van der Waals surface area contributed by atoms with Crippen LogP contribution in [-0.4, -0.2) is 37.0 Å². The van der Waals surface area contributed by atoms with E-state index in [1.165, 1.54) is 19.3 Å². The minimum Gasteiger partial charge on any atom is -0.345 e. The number of hydrogen-bond acceptors (Lipinski definition) is 2. The molecule has 0 aliphatic carbocycles. The summed E-state index contributed by atoms with van der Waals surface area (Å²) in [5, 5.41) is 3.31. The molecule has 0 aromatic carbocycles. The van der Waals surface area contributed by atoms with Crippen LogP contribution in [-0.2, 0) is 4.79 Å². The van der Waals surface area contributed by atoms with E-state index in [0.29, 0.717) is 0 Å². The van der Waals surface area contributed by atoms with Crippen molar-refractivity contribution in [1.82, 2.24) is 10.2 Å². The molecule has 3 heteroatoms. The summed E-state index contributed by atoms with van der Waals surface area (Å²) >= 11 is 0. The number of likely N-dealkylation sites (N-methyl/N-ethyl adjacent to an activating group) is 1. The van der Waals surface area contributed by atoms with Crippen LogP contribution in [0.2, 0.25) is 0 Å². The first-order valence-corrected chi connectivity index (χ1v) is 5.24. The third-order valence-corrected chi connectivity index (χ3v) is 2.71. The summed E-state index contributed by atoms with van der Waals surface area (Å²) in [6.07, 6.45) is 4.65. The molecular formula is C10H20N2O. The molecule has 13 heavy (non-hydrogen) atoms. The monoisotopic (exact) mass is 184 g/mol. The van der Waals surface area contributed by atoms with Gasteiger partial charge in [-0.1, -0.05) is 12.8 Å². The van der Waals surface area contributed by atoms with Crippen LogP contribution in [0.15, 0.2) is 0 Å². The van der Waals surface area contributed by atoms with Crippen molar-refractivity contribution in [1.29, 1.82) is 0 Å². The Kier molecular flexibility index (Phi) is 4.22. The summed E-state index contributed by atoms with van der Waals surface area (Å²) in [4.78, 5) is 13.5. The van der Waals surface area contributed by atoms with Gasteiger partial charge in [-0.25, -0.2) is 0 Å². The molecule has 0 aromatic rings. The first-order chi connectivity index (χ1) is 6.25. The molecule has 1 aliphatic rings. The molecule has 1 aliphatic heterocycles. The second kappa shape index (κ2) is 5.22. The average Bonchev–Trinajstić information content (AvgIpc) is 2.43. The third-order valence-electron chi connectivity index (χ3n) is 2.71. The molecule has 1 saturated heterocycles. The van der Waals surface area contributed by atoms with Crippen molar-refractivity contribution >= 4 is 5.91 Å². The molecule has 0 saturated carbocycles. The highest BCUT2D eigenvalue weighted by molar-refractivity contribution is 5.81. The summed E-state index contributed by atoms with van der Waals surface area (Å²) in [5.41, 5.74) is 0. The van der Waals surface area contributed by atoms with Crippen molar-refractivity contribution in [2.24, 2.45) is 0 Å². The minimum atomic E-state index is 0.0763. The summed E-state index contributed by atoms with van der Waals surface area (Å²) in [6, 6.07) is 0.0763. The maximum Gasteiger partial charge on any atom is 0.239 e. The second-order valence-electron chi connectivity index (χ2n) is 3.71. The zero-order valence-corrected chi connectivity index (χ0v) is 8.68. The molecule has 1 unspecified atom stereocenters. The summed E-state index contributed by atoms with van der Waals surface area (Å²) < 4.78 is 0. The SMILES string of the molecule is CCN(C)C(=O)C1CCCCCN1. The zero-order chi connectivity index (χ0) is 9.68. The van der Waals surface area contributed by atoms with Crippen LogP contribution in [0.5, 0.6) is 0 Å². The van der Waals surface area contributed by atoms with Crippen molar-refractivity contribution in [3.8, 4) is 0 Å². The van der Waals surface area contributed by atoms with Gasteiger partial charge in [-0.05, 0) is 26.3 Å². The van der Waals surface area contributed by atoms with E-state index < -0.39 is 0 Å². The van der Waals surface area contributed by atoms with Crippen molar-refractivity contribution in [2.45, 2.75) is 38.6 Å². The first-order valence-electron chi connectivity index (χ1n) is 5.24. The fourth-order valence-electron chi connectivity index (χ4n) is 1.66. The number of carbonyl (C=O) groups excluding carboxylic acids is 1. The number of rotatable bonds is 2. The number of carbonyl (C=O) groups is 1. The Hall–Kier alpha value is -0.570. The van der Waals surface area contributed by atoms with E-state index in [1.807, 2.05) is 14.0 Å². The molecule has 0 spiro atoms. The zero-order valence-electron chi connectivity index (χ0n) is 8.68. The smallest absolute Gasteiger partial charge is 0.239 e. The predicted octanol–water partition coefficient (Wildman–Crippen LogP) is 0.997. The highest BCUT2D eigenvalue weighted by Crippen LogP contribution is 2.09. The van der Waals surface area contributed by atoms with Crippen LogP contribution < -0.4 is 5.32 Å². The summed E-state index contributed by atoms with van der Waals surface area (Å²) in [7, 11) is 1.87. The van der Waals surface area contributed by atoms with Crippen molar-refractivity contribution in [2.75, 3.05) is 20.1 Å². The molecule has 76 valence electrons. The average molecular weight is 184 g/mol. The van der Waals surface area contributed by atoms with Gasteiger partial charge >= 0.3 is 0 Å². The van der Waals surface area contributed by atoms with E-state index in [9.17, 15) is 4.79 Å². The second-order valence-corrected chi connectivity index (χ2v) is 3.71. The minimum absolute atomic E-state index is 0.0763. The van der Waals surface area contributed by atoms with E-state index in [-0.39, 0.29) is 11.9 Å². The molecule has 1 amide bonds. The Bertz CT molecular complexity index is 162. The van der Waals surface area contributed by atoms with Crippen molar-refractivity contribution < 1.29 is 4.79 Å². The van der Waals surface area contributed by atoms with E-state index in [2.05, 4.69) is 5.32 Å². The molecule has 0 aromatic heterocycles. The fourth-order valence-corrected chi connectivity index (χ4v) is 1.66. The Balaban J connectivity index is 2.43. The van der Waals surface area contributed by atoms with Gasteiger partial charge in [-0.3, -0.25) is 4.79 Å². The number of nitrogens with one attached hydrogen (secondary N) is 1. The lowest BCUT2D eigenvalue weighted by molar-refractivity contribution is -0.132. The molecule has 1 rings (SSSR count). The molecule has 0 radical (unpaired) electrons. The van der Waals surface area contributed by atoms with Gasteiger partial charge in [-0.2, -0.15) is 0 Å². The van der Waals surface area contributed by atoms with Crippen molar-refractivity contribution in [3.63, 3.8) is 0 Å². The number of amides is 1. The summed E-state index contributed by atoms with van der Waals surface area (Å²) in [5.74, 6) is 0.254. The Morgan fingerprint density at radius 3 is 2.92 bits per heavy atom. The Morgan fingerprint density at radius 2 is 2.23 bits per heavy atom. The fraction of sp³-hybridized carbons (Fsp3) is 0.900. The molecule has 0 bridgehead atoms. The lowest BCUT2D eigenvalue weighted by Crippen LogP contribution is -2.44. The largest absolute Gasteiger partial charge is 0.345 e. The van der Waals surface area contributed by atoms with Gasteiger partial charge in [0.1, 0.15) is 0 Å². The summed E-state index contributed by atoms with van der Waals surface area (Å²) in [6.45, 7) is 3.81. The van der Waals surface area contributed by atoms with E-state index in [1.54, 1.807) is 4.90 Å². The maximum atomic E-state index is 11.7. The molecule has 3 nitrogen and oxygen atoms in total. The number of hydrogen-bond donors (Lipinski definition) is 1. The normalized spacial score (nSPS) is 23.7. The lowest BCUT2D eigenvalue weighted by Gasteiger charge is -2.21. The number of nitrogens with zero attached hydrogens (tertiary/aromatic N) is 1. The maximum absolute atomic E-state index is 11.7. The topological polar surface area (TPSA) is 32.3 Å². The molecular weight excluding hydrogens is 164 g/mol. The third kappa shape index (κ3) is 2.99. The van der Waals surface area contributed by atoms with Gasteiger partial charge in [0.25, 0.3) is 0 Å². The van der Waals surface area contributed by atoms with Gasteiger partial charge in [0.15, 0.2) is 0 Å². The van der Waals surface area contributed by atoms with Crippen molar-refractivity contribution in [3.05, 3.63) is 0 Å².